The summed E-state index contributed by atoms with van der Waals surface area (Å²) in [6.45, 7) is 8.78. The van der Waals surface area contributed by atoms with E-state index < -0.39 is 0 Å². The molecule has 0 spiro atoms. The van der Waals surface area contributed by atoms with Crippen molar-refractivity contribution in [2.75, 3.05) is 32.7 Å². The van der Waals surface area contributed by atoms with Gasteiger partial charge in [-0.05, 0) is 25.1 Å². The van der Waals surface area contributed by atoms with Gasteiger partial charge in [-0.15, -0.1) is 0 Å². The summed E-state index contributed by atoms with van der Waals surface area (Å²) in [6.07, 6.45) is 0. The summed E-state index contributed by atoms with van der Waals surface area (Å²) in [5.41, 5.74) is 1.10. The highest BCUT2D eigenvalue weighted by molar-refractivity contribution is 9.10. The van der Waals surface area contributed by atoms with Crippen molar-refractivity contribution in [3.63, 3.8) is 0 Å². The van der Waals surface area contributed by atoms with Crippen molar-refractivity contribution in [3.05, 3.63) is 34.3 Å². The molecule has 0 radical (unpaired) electrons. The minimum Gasteiger partial charge on any atom is -0.331 e. The van der Waals surface area contributed by atoms with E-state index in [0.29, 0.717) is 0 Å². The van der Waals surface area contributed by atoms with Crippen LogP contribution in [0.2, 0.25) is 0 Å². The van der Waals surface area contributed by atoms with Gasteiger partial charge in [0.05, 0.1) is 6.04 Å². The number of hydrogen-bond acceptors (Lipinski definition) is 2. The second kappa shape index (κ2) is 7.09. The minimum absolute atomic E-state index is 0.00211. The van der Waals surface area contributed by atoms with E-state index in [1.165, 1.54) is 0 Å². The van der Waals surface area contributed by atoms with Crippen molar-refractivity contribution < 1.29 is 4.79 Å². The van der Waals surface area contributed by atoms with Crippen LogP contribution in [0.15, 0.2) is 28.7 Å². The van der Waals surface area contributed by atoms with Crippen molar-refractivity contribution >= 4 is 22.0 Å². The number of carbonyl (C=O) groups excluding carboxylic acids is 1. The summed E-state index contributed by atoms with van der Waals surface area (Å²) < 4.78 is 1.03. The van der Waals surface area contributed by atoms with Crippen LogP contribution in [0, 0.1) is 0 Å². The number of piperazine rings is 1. The molecule has 20 heavy (non-hydrogen) atoms. The third kappa shape index (κ3) is 3.73. The molecule has 110 valence electrons. The van der Waals surface area contributed by atoms with E-state index in [1.807, 2.05) is 36.1 Å². The van der Waals surface area contributed by atoms with Crippen LogP contribution >= 0.6 is 15.9 Å². The lowest BCUT2D eigenvalue weighted by Gasteiger charge is -2.34. The van der Waals surface area contributed by atoms with Crippen LogP contribution < -0.4 is 5.32 Å². The molecule has 0 aliphatic carbocycles. The Balaban J connectivity index is 1.90. The number of halogens is 1. The first-order chi connectivity index (χ1) is 9.61. The third-order valence-electron chi connectivity index (χ3n) is 3.82. The van der Waals surface area contributed by atoms with Crippen molar-refractivity contribution in [2.45, 2.75) is 19.9 Å². The zero-order valence-corrected chi connectivity index (χ0v) is 13.7. The fraction of sp³-hybridized carbons (Fsp3) is 0.533. The summed E-state index contributed by atoms with van der Waals surface area (Å²) in [5.74, 6) is 0. The molecule has 1 heterocycles. The lowest BCUT2D eigenvalue weighted by Crippen LogP contribution is -2.51. The molecule has 4 nitrogen and oxygen atoms in total. The highest BCUT2D eigenvalue weighted by Crippen LogP contribution is 2.22. The number of nitrogens with one attached hydrogen (secondary N) is 1. The Bertz CT molecular complexity index is 458. The molecule has 1 fully saturated rings. The molecule has 1 N–H and O–H groups in total. The average Bonchev–Trinajstić information content (AvgIpc) is 2.47. The summed E-state index contributed by atoms with van der Waals surface area (Å²) in [6, 6.07) is 8.03. The average molecular weight is 340 g/mol. The highest BCUT2D eigenvalue weighted by atomic mass is 79.9. The Morgan fingerprint density at radius 1 is 1.30 bits per heavy atom. The molecule has 1 unspecified atom stereocenters. The van der Waals surface area contributed by atoms with Crippen LogP contribution in [0.3, 0.4) is 0 Å². The molecule has 2 rings (SSSR count). The van der Waals surface area contributed by atoms with E-state index in [-0.39, 0.29) is 12.1 Å². The quantitative estimate of drug-likeness (QED) is 0.918. The van der Waals surface area contributed by atoms with Gasteiger partial charge in [-0.1, -0.05) is 41.1 Å². The monoisotopic (exact) mass is 339 g/mol. The zero-order valence-electron chi connectivity index (χ0n) is 12.1. The second-order valence-electron chi connectivity index (χ2n) is 5.11. The Morgan fingerprint density at radius 2 is 1.95 bits per heavy atom. The summed E-state index contributed by atoms with van der Waals surface area (Å²) in [4.78, 5) is 16.5. The normalized spacial score (nSPS) is 17.9. The molecule has 0 saturated carbocycles. The molecule has 1 aliphatic heterocycles. The van der Waals surface area contributed by atoms with Crippen molar-refractivity contribution in [2.24, 2.45) is 0 Å². The molecule has 5 heteroatoms. The van der Waals surface area contributed by atoms with Crippen molar-refractivity contribution in [1.29, 1.82) is 0 Å². The van der Waals surface area contributed by atoms with Gasteiger partial charge in [0.15, 0.2) is 0 Å². The van der Waals surface area contributed by atoms with Crippen LogP contribution in [-0.2, 0) is 0 Å². The maximum atomic E-state index is 12.3. The molecule has 1 aliphatic rings. The van der Waals surface area contributed by atoms with Crippen LogP contribution in [0.5, 0.6) is 0 Å². The molecular weight excluding hydrogens is 318 g/mol. The molecule has 1 atom stereocenters. The SMILES string of the molecule is CCN1CCN(C(=O)NC(C)c2ccccc2Br)CC1. The number of benzene rings is 1. The minimum atomic E-state index is 0.00211. The second-order valence-corrected chi connectivity index (χ2v) is 5.97. The largest absolute Gasteiger partial charge is 0.331 e. The van der Waals surface area contributed by atoms with Crippen LogP contribution in [0.4, 0.5) is 4.79 Å². The molecule has 0 aromatic heterocycles. The predicted octanol–water partition coefficient (Wildman–Crippen LogP) is 2.86. The maximum absolute atomic E-state index is 12.3. The first kappa shape index (κ1) is 15.3. The number of urea groups is 1. The Labute approximate surface area is 129 Å². The Hall–Kier alpha value is -1.07. The van der Waals surface area contributed by atoms with Gasteiger partial charge in [-0.2, -0.15) is 0 Å². The fourth-order valence-electron chi connectivity index (χ4n) is 2.45. The van der Waals surface area contributed by atoms with E-state index in [1.54, 1.807) is 0 Å². The maximum Gasteiger partial charge on any atom is 0.317 e. The molecule has 1 aromatic carbocycles. The fourth-order valence-corrected chi connectivity index (χ4v) is 3.08. The lowest BCUT2D eigenvalue weighted by atomic mass is 10.1. The van der Waals surface area contributed by atoms with Gasteiger partial charge in [0.1, 0.15) is 0 Å². The number of likely N-dealkylation sites (N-methyl/N-ethyl adjacent to an activating group) is 1. The van der Waals surface area contributed by atoms with Gasteiger partial charge >= 0.3 is 6.03 Å². The number of hydrogen-bond donors (Lipinski definition) is 1. The number of amides is 2. The summed E-state index contributed by atoms with van der Waals surface area (Å²) in [5, 5.41) is 3.08. The molecular formula is C15H22BrN3O. The van der Waals surface area contributed by atoms with Gasteiger partial charge in [0.25, 0.3) is 0 Å². The van der Waals surface area contributed by atoms with Gasteiger partial charge in [-0.3, -0.25) is 0 Å². The first-order valence-electron chi connectivity index (χ1n) is 7.14. The van der Waals surface area contributed by atoms with Crippen molar-refractivity contribution in [1.82, 2.24) is 15.1 Å². The van der Waals surface area contributed by atoms with Crippen LogP contribution in [0.25, 0.3) is 0 Å². The molecule has 1 aromatic rings. The van der Waals surface area contributed by atoms with Gasteiger partial charge in [0, 0.05) is 30.7 Å². The van der Waals surface area contributed by atoms with E-state index in [9.17, 15) is 4.79 Å². The third-order valence-corrected chi connectivity index (χ3v) is 4.54. The first-order valence-corrected chi connectivity index (χ1v) is 7.93. The smallest absolute Gasteiger partial charge is 0.317 e. The topological polar surface area (TPSA) is 35.6 Å². The molecule has 0 bridgehead atoms. The molecule has 2 amide bonds. The lowest BCUT2D eigenvalue weighted by molar-refractivity contribution is 0.141. The van der Waals surface area contributed by atoms with E-state index in [2.05, 4.69) is 33.1 Å². The highest BCUT2D eigenvalue weighted by Gasteiger charge is 2.21. The Kier molecular flexibility index (Phi) is 5.43. The van der Waals surface area contributed by atoms with E-state index in [4.69, 9.17) is 0 Å². The number of carbonyl (C=O) groups is 1. The van der Waals surface area contributed by atoms with E-state index >= 15 is 0 Å². The Morgan fingerprint density at radius 3 is 2.55 bits per heavy atom. The number of rotatable bonds is 3. The van der Waals surface area contributed by atoms with Crippen LogP contribution in [-0.4, -0.2) is 48.6 Å². The van der Waals surface area contributed by atoms with E-state index in [0.717, 1.165) is 42.8 Å². The van der Waals surface area contributed by atoms with Gasteiger partial charge in [0.2, 0.25) is 0 Å². The van der Waals surface area contributed by atoms with Crippen LogP contribution in [0.1, 0.15) is 25.5 Å². The standard InChI is InChI=1S/C15H22BrN3O/c1-3-18-8-10-19(11-9-18)15(20)17-12(2)13-6-4-5-7-14(13)16/h4-7,12H,3,8-11H2,1-2H3,(H,17,20). The zero-order chi connectivity index (χ0) is 14.5. The molecule has 1 saturated heterocycles. The predicted molar refractivity (Wildman–Crippen MR) is 84.8 cm³/mol. The van der Waals surface area contributed by atoms with Gasteiger partial charge in [-0.25, -0.2) is 4.79 Å². The number of nitrogens with zero attached hydrogens (tertiary/aromatic N) is 2. The summed E-state index contributed by atoms with van der Waals surface area (Å²) in [7, 11) is 0. The van der Waals surface area contributed by atoms with Crippen molar-refractivity contribution in [3.8, 4) is 0 Å². The van der Waals surface area contributed by atoms with Gasteiger partial charge < -0.3 is 15.1 Å². The summed E-state index contributed by atoms with van der Waals surface area (Å²) >= 11 is 3.53.